The second kappa shape index (κ2) is 10.7. The summed E-state index contributed by atoms with van der Waals surface area (Å²) < 4.78 is 66.9. The van der Waals surface area contributed by atoms with Gasteiger partial charge in [0.15, 0.2) is 0 Å². The Morgan fingerprint density at radius 1 is 0.312 bits per heavy atom. The summed E-state index contributed by atoms with van der Waals surface area (Å²) in [5.74, 6) is 0. The van der Waals surface area contributed by atoms with Crippen LogP contribution in [0.25, 0.3) is 98.0 Å². The van der Waals surface area contributed by atoms with Crippen molar-refractivity contribution in [3.05, 3.63) is 182 Å². The summed E-state index contributed by atoms with van der Waals surface area (Å²) in [6.45, 7) is 0. The van der Waals surface area contributed by atoms with Crippen molar-refractivity contribution >= 4 is 64.6 Å². The van der Waals surface area contributed by atoms with Crippen LogP contribution < -0.4 is 0 Å². The molecule has 0 atom stereocenters. The second-order valence-corrected chi connectivity index (χ2v) is 12.3. The van der Waals surface area contributed by atoms with Gasteiger partial charge in [0.2, 0.25) is 0 Å². The lowest BCUT2D eigenvalue weighted by Gasteiger charge is -2.21. The van der Waals surface area contributed by atoms with E-state index in [4.69, 9.17) is 2.74 Å². The molecule has 0 bridgehead atoms. The molecule has 0 saturated heterocycles. The summed E-state index contributed by atoms with van der Waals surface area (Å²) in [6, 6.07) is 44.0. The fraction of sp³-hybridized carbons (Fsp3) is 0. The van der Waals surface area contributed by atoms with Crippen LogP contribution in [0.15, 0.2) is 182 Å². The van der Waals surface area contributed by atoms with Crippen LogP contribution in [0.2, 0.25) is 0 Å². The molecular weight excluding hydrogens is 577 g/mol. The average Bonchev–Trinajstić information content (AvgIpc) is 3.22. The smallest absolute Gasteiger partial charge is 0.0616 e. The molecule has 10 aromatic carbocycles. The second-order valence-electron chi connectivity index (χ2n) is 12.3. The summed E-state index contributed by atoms with van der Waals surface area (Å²) in [5, 5.41) is 8.67. The van der Waals surface area contributed by atoms with Crippen LogP contribution in [0, 0.1) is 0 Å². The van der Waals surface area contributed by atoms with E-state index in [9.17, 15) is 6.85 Å². The molecule has 0 radical (unpaired) electrons. The molecule has 0 N–H and O–H groups in total. The minimum atomic E-state index is -0.386. The number of hydrogen-bond acceptors (Lipinski definition) is 0. The Labute approximate surface area is 289 Å². The molecule has 0 saturated carbocycles. The summed E-state index contributed by atoms with van der Waals surface area (Å²) >= 11 is 0. The molecular formula is C48H30. The van der Waals surface area contributed by atoms with Crippen LogP contribution in [0.4, 0.5) is 0 Å². The van der Waals surface area contributed by atoms with Crippen molar-refractivity contribution in [2.75, 3.05) is 0 Å². The maximum absolute atomic E-state index is 10.2. The Bertz CT molecular complexity index is 3290. The number of hydrogen-bond donors (Lipinski definition) is 0. The van der Waals surface area contributed by atoms with Crippen LogP contribution >= 0.6 is 0 Å². The molecule has 222 valence electrons. The largest absolute Gasteiger partial charge is 0.0636 e. The molecule has 0 heteroatoms. The molecule has 10 aromatic rings. The third kappa shape index (κ3) is 4.10. The number of fused-ring (bicyclic) bond motifs is 7. The van der Waals surface area contributed by atoms with Crippen LogP contribution in [-0.4, -0.2) is 0 Å². The van der Waals surface area contributed by atoms with E-state index in [1.807, 2.05) is 133 Å². The molecule has 0 aromatic heterocycles. The van der Waals surface area contributed by atoms with Gasteiger partial charge in [-0.3, -0.25) is 0 Å². The first-order chi connectivity index (χ1) is 26.7. The summed E-state index contributed by atoms with van der Waals surface area (Å²) in [4.78, 5) is 0. The van der Waals surface area contributed by atoms with Gasteiger partial charge in [-0.25, -0.2) is 0 Å². The molecule has 0 aliphatic carbocycles. The van der Waals surface area contributed by atoms with E-state index in [1.54, 1.807) is 0 Å². The third-order valence-electron chi connectivity index (χ3n) is 9.63. The van der Waals surface area contributed by atoms with Gasteiger partial charge < -0.3 is 0 Å². The van der Waals surface area contributed by atoms with Crippen LogP contribution in [0.3, 0.4) is 0 Å². The highest BCUT2D eigenvalue weighted by Gasteiger charge is 2.20. The van der Waals surface area contributed by atoms with Gasteiger partial charge in [0.05, 0.1) is 9.60 Å². The lowest BCUT2D eigenvalue weighted by atomic mass is 9.82. The lowest BCUT2D eigenvalue weighted by molar-refractivity contribution is 1.66. The van der Waals surface area contributed by atoms with Gasteiger partial charge in [-0.05, 0) is 116 Å². The summed E-state index contributed by atoms with van der Waals surface area (Å²) in [7, 11) is 0. The SMILES string of the molecule is [2H]c1c([2H])c([2H])c2c(-c3cc4ccccc4c4ccccc34)c3c([2H])c([2H])c(-c4ccc5ccccc5c4)c([2H])c3c(-c3cccc4ccccc34)c2c1[2H]. The van der Waals surface area contributed by atoms with Gasteiger partial charge in [-0.1, -0.05) is 164 Å². The van der Waals surface area contributed by atoms with Gasteiger partial charge in [0, 0.05) is 0 Å². The van der Waals surface area contributed by atoms with Crippen molar-refractivity contribution in [3.63, 3.8) is 0 Å². The van der Waals surface area contributed by atoms with Gasteiger partial charge in [0.1, 0.15) is 0 Å². The van der Waals surface area contributed by atoms with Crippen molar-refractivity contribution in [3.8, 4) is 33.4 Å². The topological polar surface area (TPSA) is 0 Å². The molecule has 0 fully saturated rings. The van der Waals surface area contributed by atoms with E-state index in [1.165, 1.54) is 0 Å². The Kier molecular flexibility index (Phi) is 4.62. The van der Waals surface area contributed by atoms with Crippen molar-refractivity contribution in [2.24, 2.45) is 0 Å². The van der Waals surface area contributed by atoms with Crippen molar-refractivity contribution in [1.82, 2.24) is 0 Å². The zero-order chi connectivity index (χ0) is 37.7. The highest BCUT2D eigenvalue weighted by Crippen LogP contribution is 2.48. The minimum Gasteiger partial charge on any atom is -0.0616 e. The van der Waals surface area contributed by atoms with E-state index in [2.05, 4.69) is 6.07 Å². The van der Waals surface area contributed by atoms with Crippen molar-refractivity contribution < 1.29 is 9.60 Å². The van der Waals surface area contributed by atoms with E-state index in [0.717, 1.165) is 43.1 Å². The van der Waals surface area contributed by atoms with E-state index < -0.39 is 0 Å². The molecule has 48 heavy (non-hydrogen) atoms. The van der Waals surface area contributed by atoms with Gasteiger partial charge in [-0.15, -0.1) is 0 Å². The summed E-state index contributed by atoms with van der Waals surface area (Å²) in [6.07, 6.45) is 0. The first-order valence-corrected chi connectivity index (χ1v) is 16.1. The lowest BCUT2D eigenvalue weighted by Crippen LogP contribution is -1.93. The minimum absolute atomic E-state index is 0.0230. The van der Waals surface area contributed by atoms with E-state index >= 15 is 0 Å². The van der Waals surface area contributed by atoms with Crippen LogP contribution in [0.1, 0.15) is 9.60 Å². The quantitative estimate of drug-likeness (QED) is 0.137. The first-order valence-electron chi connectivity index (χ1n) is 19.6. The molecule has 0 unspecified atom stereocenters. The Balaban J connectivity index is 1.52. The average molecular weight is 614 g/mol. The van der Waals surface area contributed by atoms with Gasteiger partial charge >= 0.3 is 0 Å². The molecule has 0 aliphatic heterocycles. The third-order valence-corrected chi connectivity index (χ3v) is 9.63. The monoisotopic (exact) mass is 613 g/mol. The molecule has 10 rings (SSSR count). The fourth-order valence-electron chi connectivity index (χ4n) is 7.45. The maximum atomic E-state index is 10.2. The van der Waals surface area contributed by atoms with Crippen molar-refractivity contribution in [2.45, 2.75) is 0 Å². The van der Waals surface area contributed by atoms with E-state index in [-0.39, 0.29) is 53.1 Å². The number of benzene rings is 10. The predicted molar refractivity (Wildman–Crippen MR) is 208 cm³/mol. The molecule has 0 nitrogen and oxygen atoms in total. The Morgan fingerprint density at radius 3 is 1.73 bits per heavy atom. The van der Waals surface area contributed by atoms with Gasteiger partial charge in [0.25, 0.3) is 0 Å². The standard InChI is InChI=1S/C48H30/c1-2-14-33-28-34(25-24-31(33)12-1)35-26-27-44-46(29-35)47(41-23-11-16-32-13-3-5-17-37(32)41)42-21-9-10-22-43(42)48(44)45-30-36-15-4-6-18-38(36)39-19-7-8-20-40(39)45/h1-30H/i9D,10D,21D,22D,26D,27D,29D. The highest BCUT2D eigenvalue weighted by atomic mass is 14.2. The number of rotatable bonds is 3. The van der Waals surface area contributed by atoms with Gasteiger partial charge in [-0.2, -0.15) is 0 Å². The maximum Gasteiger partial charge on any atom is 0.0636 e. The molecule has 0 heterocycles. The Morgan fingerprint density at radius 2 is 0.917 bits per heavy atom. The summed E-state index contributed by atoms with van der Waals surface area (Å²) in [5.41, 5.74) is 3.14. The Hall–Kier alpha value is -6.24. The highest BCUT2D eigenvalue weighted by molar-refractivity contribution is 6.27. The first kappa shape index (κ1) is 20.8. The normalized spacial score (nSPS) is 13.8. The zero-order valence-corrected chi connectivity index (χ0v) is 25.8. The van der Waals surface area contributed by atoms with Crippen molar-refractivity contribution in [1.29, 1.82) is 0 Å². The fourth-order valence-corrected chi connectivity index (χ4v) is 7.45. The van der Waals surface area contributed by atoms with Crippen LogP contribution in [-0.2, 0) is 0 Å². The zero-order valence-electron chi connectivity index (χ0n) is 32.8. The molecule has 0 amide bonds. The van der Waals surface area contributed by atoms with Crippen LogP contribution in [0.5, 0.6) is 0 Å². The molecule has 0 aliphatic rings. The predicted octanol–water partition coefficient (Wildman–Crippen LogP) is 13.6. The van der Waals surface area contributed by atoms with E-state index in [0.29, 0.717) is 44.2 Å². The molecule has 0 spiro atoms.